The Hall–Kier alpha value is -4.24. The number of fused-ring (bicyclic) bond motifs is 1. The molecule has 4 aromatic rings. The summed E-state index contributed by atoms with van der Waals surface area (Å²) in [6, 6.07) is 20.4. The molecule has 0 amide bonds. The van der Waals surface area contributed by atoms with Gasteiger partial charge in [0.1, 0.15) is 5.82 Å². The van der Waals surface area contributed by atoms with Crippen molar-refractivity contribution in [1.29, 1.82) is 0 Å². The highest BCUT2D eigenvalue weighted by atomic mass is 16.5. The molecule has 166 valence electrons. The fraction of sp³-hybridized carbons (Fsp3) is 0.167. The number of rotatable bonds is 6. The summed E-state index contributed by atoms with van der Waals surface area (Å²) >= 11 is 0. The van der Waals surface area contributed by atoms with E-state index >= 15 is 0 Å². The first-order valence-electron chi connectivity index (χ1n) is 10.6. The minimum Gasteiger partial charge on any atom is -0.478 e. The number of morpholine rings is 1. The Kier molecular flexibility index (Phi) is 5.69. The SMILES string of the molecule is O=C(O)c1cccc(/C=N\Nc2cc(N3CCOCC3)n3nc(-c4ccccc4)cc3n2)c1. The third-order valence-corrected chi connectivity index (χ3v) is 5.34. The molecule has 3 heterocycles. The van der Waals surface area contributed by atoms with Crippen LogP contribution in [0.25, 0.3) is 16.9 Å². The van der Waals surface area contributed by atoms with E-state index in [1.807, 2.05) is 47.0 Å². The molecule has 0 unspecified atom stereocenters. The molecule has 1 aliphatic rings. The lowest BCUT2D eigenvalue weighted by Gasteiger charge is -2.29. The summed E-state index contributed by atoms with van der Waals surface area (Å²) in [5.74, 6) is 0.487. The highest BCUT2D eigenvalue weighted by Gasteiger charge is 2.18. The van der Waals surface area contributed by atoms with Crippen LogP contribution >= 0.6 is 0 Å². The first-order valence-corrected chi connectivity index (χ1v) is 10.6. The molecule has 9 nitrogen and oxygen atoms in total. The molecule has 33 heavy (non-hydrogen) atoms. The summed E-state index contributed by atoms with van der Waals surface area (Å²) in [6.07, 6.45) is 1.57. The van der Waals surface area contributed by atoms with Gasteiger partial charge in [-0.25, -0.2) is 9.78 Å². The van der Waals surface area contributed by atoms with Crippen LogP contribution in [0.5, 0.6) is 0 Å². The number of hydrogen-bond acceptors (Lipinski definition) is 7. The maximum atomic E-state index is 11.2. The van der Waals surface area contributed by atoms with E-state index in [0.717, 1.165) is 30.2 Å². The summed E-state index contributed by atoms with van der Waals surface area (Å²) in [6.45, 7) is 2.81. The summed E-state index contributed by atoms with van der Waals surface area (Å²) < 4.78 is 7.36. The quantitative estimate of drug-likeness (QED) is 0.348. The van der Waals surface area contributed by atoms with Crippen molar-refractivity contribution in [2.45, 2.75) is 0 Å². The molecule has 0 aliphatic carbocycles. The number of anilines is 2. The smallest absolute Gasteiger partial charge is 0.335 e. The number of ether oxygens (including phenoxy) is 1. The maximum absolute atomic E-state index is 11.2. The van der Waals surface area contributed by atoms with Crippen molar-refractivity contribution in [3.8, 4) is 11.3 Å². The molecule has 1 aliphatic heterocycles. The molecule has 5 rings (SSSR count). The van der Waals surface area contributed by atoms with Crippen LogP contribution < -0.4 is 10.3 Å². The van der Waals surface area contributed by atoms with Gasteiger partial charge in [-0.3, -0.25) is 5.43 Å². The molecule has 9 heteroatoms. The van der Waals surface area contributed by atoms with Crippen LogP contribution in [0.1, 0.15) is 15.9 Å². The monoisotopic (exact) mass is 442 g/mol. The second-order valence-electron chi connectivity index (χ2n) is 7.57. The molecule has 2 aromatic carbocycles. The number of hydrazone groups is 1. The van der Waals surface area contributed by atoms with Crippen LogP contribution in [-0.2, 0) is 4.74 Å². The van der Waals surface area contributed by atoms with Crippen LogP contribution in [0.2, 0.25) is 0 Å². The molecule has 0 atom stereocenters. The fourth-order valence-corrected chi connectivity index (χ4v) is 3.71. The maximum Gasteiger partial charge on any atom is 0.335 e. The molecule has 0 spiro atoms. The van der Waals surface area contributed by atoms with Crippen LogP contribution in [0.15, 0.2) is 71.8 Å². The van der Waals surface area contributed by atoms with Gasteiger partial charge in [0.25, 0.3) is 0 Å². The number of aromatic carboxylic acids is 1. The van der Waals surface area contributed by atoms with E-state index in [2.05, 4.69) is 20.4 Å². The van der Waals surface area contributed by atoms with Crippen molar-refractivity contribution < 1.29 is 14.6 Å². The van der Waals surface area contributed by atoms with E-state index in [4.69, 9.17) is 14.9 Å². The van der Waals surface area contributed by atoms with Crippen LogP contribution in [0, 0.1) is 0 Å². The number of carboxylic acids is 1. The Labute approximate surface area is 189 Å². The van der Waals surface area contributed by atoms with Gasteiger partial charge >= 0.3 is 5.97 Å². The normalized spacial score (nSPS) is 14.1. The first-order chi connectivity index (χ1) is 16.2. The largest absolute Gasteiger partial charge is 0.478 e. The van der Waals surface area contributed by atoms with Crippen molar-refractivity contribution in [2.75, 3.05) is 36.6 Å². The zero-order valence-corrected chi connectivity index (χ0v) is 17.8. The predicted molar refractivity (Wildman–Crippen MR) is 126 cm³/mol. The molecule has 0 saturated carbocycles. The molecular weight excluding hydrogens is 420 g/mol. The van der Waals surface area contributed by atoms with Crippen molar-refractivity contribution in [3.05, 3.63) is 77.9 Å². The van der Waals surface area contributed by atoms with Gasteiger partial charge in [-0.15, -0.1) is 0 Å². The molecular formula is C24H22N6O3. The zero-order chi connectivity index (χ0) is 22.6. The van der Waals surface area contributed by atoms with Crippen molar-refractivity contribution >= 4 is 29.5 Å². The van der Waals surface area contributed by atoms with E-state index in [-0.39, 0.29) is 5.56 Å². The third-order valence-electron chi connectivity index (χ3n) is 5.34. The zero-order valence-electron chi connectivity index (χ0n) is 17.8. The van der Waals surface area contributed by atoms with Crippen molar-refractivity contribution in [3.63, 3.8) is 0 Å². The summed E-state index contributed by atoms with van der Waals surface area (Å²) in [4.78, 5) is 18.1. The molecule has 0 radical (unpaired) electrons. The number of benzene rings is 2. The molecule has 2 N–H and O–H groups in total. The third kappa shape index (κ3) is 4.53. The Morgan fingerprint density at radius 3 is 2.67 bits per heavy atom. The average Bonchev–Trinajstić information content (AvgIpc) is 3.29. The van der Waals surface area contributed by atoms with Gasteiger partial charge in [-0.1, -0.05) is 42.5 Å². The molecule has 0 bridgehead atoms. The minimum atomic E-state index is -0.976. The summed E-state index contributed by atoms with van der Waals surface area (Å²) in [5.41, 5.74) is 6.41. The molecule has 1 saturated heterocycles. The van der Waals surface area contributed by atoms with Gasteiger partial charge in [0.15, 0.2) is 11.5 Å². The highest BCUT2D eigenvalue weighted by molar-refractivity contribution is 5.91. The number of carboxylic acid groups (broad SMARTS) is 1. The lowest BCUT2D eigenvalue weighted by atomic mass is 10.1. The fourth-order valence-electron chi connectivity index (χ4n) is 3.71. The molecule has 1 fully saturated rings. The van der Waals surface area contributed by atoms with Gasteiger partial charge in [0, 0.05) is 30.8 Å². The summed E-state index contributed by atoms with van der Waals surface area (Å²) in [5, 5.41) is 18.2. The second kappa shape index (κ2) is 9.09. The van der Waals surface area contributed by atoms with Crippen LogP contribution in [-0.4, -0.2) is 58.2 Å². The summed E-state index contributed by atoms with van der Waals surface area (Å²) in [7, 11) is 0. The van der Waals surface area contributed by atoms with Gasteiger partial charge in [-0.2, -0.15) is 14.7 Å². The number of hydrogen-bond donors (Lipinski definition) is 2. The lowest BCUT2D eigenvalue weighted by Crippen LogP contribution is -2.37. The van der Waals surface area contributed by atoms with Gasteiger partial charge in [0.05, 0.1) is 30.7 Å². The van der Waals surface area contributed by atoms with Gasteiger partial charge < -0.3 is 14.7 Å². The van der Waals surface area contributed by atoms with E-state index < -0.39 is 5.97 Å². The van der Waals surface area contributed by atoms with E-state index in [0.29, 0.717) is 30.2 Å². The Morgan fingerprint density at radius 1 is 1.06 bits per heavy atom. The van der Waals surface area contributed by atoms with Crippen LogP contribution in [0.4, 0.5) is 11.6 Å². The van der Waals surface area contributed by atoms with Crippen molar-refractivity contribution in [2.24, 2.45) is 5.10 Å². The number of aromatic nitrogens is 3. The number of nitrogens with one attached hydrogen (secondary N) is 1. The average molecular weight is 442 g/mol. The predicted octanol–water partition coefficient (Wildman–Crippen LogP) is 3.38. The second-order valence-corrected chi connectivity index (χ2v) is 7.57. The van der Waals surface area contributed by atoms with E-state index in [1.54, 1.807) is 30.5 Å². The Bertz CT molecular complexity index is 1310. The number of carbonyl (C=O) groups is 1. The Balaban J connectivity index is 1.48. The minimum absolute atomic E-state index is 0.209. The van der Waals surface area contributed by atoms with Crippen LogP contribution in [0.3, 0.4) is 0 Å². The first kappa shape index (κ1) is 20.7. The Morgan fingerprint density at radius 2 is 1.88 bits per heavy atom. The molecule has 2 aromatic heterocycles. The highest BCUT2D eigenvalue weighted by Crippen LogP contribution is 2.25. The van der Waals surface area contributed by atoms with Gasteiger partial charge in [0.2, 0.25) is 0 Å². The standard InChI is InChI=1S/C24H22N6O3/c31-24(32)19-8-4-5-17(13-19)16-25-27-21-15-23(29-9-11-33-12-10-29)30-22(26-21)14-20(28-30)18-6-2-1-3-7-18/h1-8,13-16H,9-12H2,(H,26,27)(H,31,32)/b25-16-. The lowest BCUT2D eigenvalue weighted by molar-refractivity contribution is 0.0697. The van der Waals surface area contributed by atoms with Gasteiger partial charge in [-0.05, 0) is 17.7 Å². The van der Waals surface area contributed by atoms with E-state index in [9.17, 15) is 4.79 Å². The number of nitrogens with zero attached hydrogens (tertiary/aromatic N) is 5. The topological polar surface area (TPSA) is 104 Å². The van der Waals surface area contributed by atoms with Crippen molar-refractivity contribution in [1.82, 2.24) is 14.6 Å². The van der Waals surface area contributed by atoms with E-state index in [1.165, 1.54) is 0 Å².